The number of nitrogens with zero attached hydrogens (tertiary/aromatic N) is 2. The molecule has 2 aliphatic heterocycles. The van der Waals surface area contributed by atoms with E-state index in [0.29, 0.717) is 18.4 Å². The van der Waals surface area contributed by atoms with Gasteiger partial charge in [0.05, 0.1) is 6.54 Å². The van der Waals surface area contributed by atoms with Crippen LogP contribution in [0.1, 0.15) is 63.9 Å². The van der Waals surface area contributed by atoms with Gasteiger partial charge in [-0.3, -0.25) is 14.6 Å². The Morgan fingerprint density at radius 2 is 1.93 bits per heavy atom. The van der Waals surface area contributed by atoms with Gasteiger partial charge in [-0.05, 0) is 76.3 Å². The highest BCUT2D eigenvalue weighted by Gasteiger charge is 2.24. The Morgan fingerprint density at radius 3 is 2.63 bits per heavy atom. The van der Waals surface area contributed by atoms with Crippen molar-refractivity contribution in [2.45, 2.75) is 71.4 Å². The summed E-state index contributed by atoms with van der Waals surface area (Å²) in [5.74, 6) is 3.08. The zero-order valence-electron chi connectivity index (χ0n) is 17.2. The minimum atomic E-state index is 0.239. The van der Waals surface area contributed by atoms with E-state index in [0.717, 1.165) is 57.1 Å². The van der Waals surface area contributed by atoms with E-state index in [1.165, 1.54) is 32.2 Å². The number of hydrogen-bond acceptors (Lipinski definition) is 4. The number of nitrogens with one attached hydrogen (secondary N) is 1. The lowest BCUT2D eigenvalue weighted by Gasteiger charge is -2.31. The number of aryl methyl sites for hydroxylation is 1. The van der Waals surface area contributed by atoms with Crippen molar-refractivity contribution in [3.8, 4) is 0 Å². The lowest BCUT2D eigenvalue weighted by molar-refractivity contribution is -0.121. The summed E-state index contributed by atoms with van der Waals surface area (Å²) in [6, 6.07) is 4.75. The van der Waals surface area contributed by atoms with E-state index >= 15 is 0 Å². The molecule has 0 spiro atoms. The van der Waals surface area contributed by atoms with Crippen LogP contribution in [0.25, 0.3) is 0 Å². The molecule has 27 heavy (non-hydrogen) atoms. The average Bonchev–Trinajstić information content (AvgIpc) is 3.34. The van der Waals surface area contributed by atoms with Crippen LogP contribution in [0.2, 0.25) is 0 Å². The number of carbonyl (C=O) groups is 1. The van der Waals surface area contributed by atoms with Crippen molar-refractivity contribution >= 4 is 5.91 Å². The van der Waals surface area contributed by atoms with Crippen molar-refractivity contribution in [3.05, 3.63) is 23.7 Å². The molecule has 0 bridgehead atoms. The number of amides is 1. The van der Waals surface area contributed by atoms with Gasteiger partial charge in [-0.1, -0.05) is 13.8 Å². The van der Waals surface area contributed by atoms with Crippen molar-refractivity contribution in [2.75, 3.05) is 32.7 Å². The first-order chi connectivity index (χ1) is 13.2. The van der Waals surface area contributed by atoms with Crippen LogP contribution in [0.15, 0.2) is 16.5 Å². The van der Waals surface area contributed by atoms with Gasteiger partial charge in [0.25, 0.3) is 0 Å². The van der Waals surface area contributed by atoms with Crippen LogP contribution in [-0.4, -0.2) is 54.5 Å². The fourth-order valence-electron chi connectivity index (χ4n) is 4.55. The van der Waals surface area contributed by atoms with E-state index in [9.17, 15) is 4.79 Å². The van der Waals surface area contributed by atoms with E-state index in [1.54, 1.807) is 0 Å². The molecular formula is C22H37N3O2. The quantitative estimate of drug-likeness (QED) is 0.718. The Hall–Kier alpha value is -1.33. The molecule has 0 aliphatic carbocycles. The molecule has 1 aromatic rings. The normalized spacial score (nSPS) is 22.4. The number of piperidine rings is 1. The molecule has 1 amide bonds. The van der Waals surface area contributed by atoms with Gasteiger partial charge < -0.3 is 9.73 Å². The maximum atomic E-state index is 12.2. The Kier molecular flexibility index (Phi) is 7.77. The monoisotopic (exact) mass is 375 g/mol. The van der Waals surface area contributed by atoms with Crippen LogP contribution >= 0.6 is 0 Å². The summed E-state index contributed by atoms with van der Waals surface area (Å²) in [4.78, 5) is 17.2. The van der Waals surface area contributed by atoms with E-state index in [2.05, 4.69) is 41.1 Å². The van der Waals surface area contributed by atoms with Crippen molar-refractivity contribution in [1.82, 2.24) is 15.1 Å². The zero-order valence-corrected chi connectivity index (χ0v) is 17.2. The molecule has 3 rings (SSSR count). The molecule has 1 aromatic heterocycles. The van der Waals surface area contributed by atoms with Gasteiger partial charge in [0.15, 0.2) is 0 Å². The average molecular weight is 376 g/mol. The van der Waals surface area contributed by atoms with Gasteiger partial charge in [0, 0.05) is 25.4 Å². The molecule has 5 nitrogen and oxygen atoms in total. The second-order valence-corrected chi connectivity index (χ2v) is 8.21. The highest BCUT2D eigenvalue weighted by atomic mass is 16.3. The lowest BCUT2D eigenvalue weighted by Crippen LogP contribution is -2.40. The molecular weight excluding hydrogens is 338 g/mol. The van der Waals surface area contributed by atoms with Gasteiger partial charge in [0.1, 0.15) is 11.5 Å². The Labute approximate surface area is 164 Å². The first kappa shape index (κ1) is 20.4. The molecule has 1 atom stereocenters. The van der Waals surface area contributed by atoms with Gasteiger partial charge >= 0.3 is 0 Å². The summed E-state index contributed by atoms with van der Waals surface area (Å²) in [6.07, 6.45) is 7.56. The van der Waals surface area contributed by atoms with Crippen molar-refractivity contribution in [3.63, 3.8) is 0 Å². The van der Waals surface area contributed by atoms with Crippen LogP contribution < -0.4 is 5.32 Å². The Balaban J connectivity index is 1.29. The summed E-state index contributed by atoms with van der Waals surface area (Å²) in [5.41, 5.74) is 0. The van der Waals surface area contributed by atoms with Gasteiger partial charge in [-0.2, -0.15) is 0 Å². The standard InChI is InChI=1S/C22H37N3O2/c1-3-20-8-9-21(27-20)17-24-14-11-18(12-15-24)7-10-22(26)23-16-19-6-5-13-25(19)4-2/h8-9,18-19H,3-7,10-17H2,1-2H3,(H,23,26)/t19-/m0/s1. The van der Waals surface area contributed by atoms with Crippen LogP contribution in [-0.2, 0) is 17.8 Å². The second-order valence-electron chi connectivity index (χ2n) is 8.21. The molecule has 0 aromatic carbocycles. The topological polar surface area (TPSA) is 48.7 Å². The molecule has 152 valence electrons. The first-order valence-electron chi connectivity index (χ1n) is 11.0. The smallest absolute Gasteiger partial charge is 0.220 e. The predicted octanol–water partition coefficient (Wildman–Crippen LogP) is 3.43. The molecule has 0 saturated carbocycles. The van der Waals surface area contributed by atoms with Gasteiger partial charge in [-0.15, -0.1) is 0 Å². The summed E-state index contributed by atoms with van der Waals surface area (Å²) in [6.45, 7) is 10.6. The number of likely N-dealkylation sites (tertiary alicyclic amines) is 2. The van der Waals surface area contributed by atoms with Crippen molar-refractivity contribution < 1.29 is 9.21 Å². The third kappa shape index (κ3) is 6.08. The van der Waals surface area contributed by atoms with Gasteiger partial charge in [-0.25, -0.2) is 0 Å². The Bertz CT molecular complexity index is 578. The van der Waals surface area contributed by atoms with Crippen LogP contribution in [0.4, 0.5) is 0 Å². The van der Waals surface area contributed by atoms with E-state index in [1.807, 2.05) is 0 Å². The zero-order chi connectivity index (χ0) is 19.1. The third-order valence-electron chi connectivity index (χ3n) is 6.37. The largest absolute Gasteiger partial charge is 0.465 e. The van der Waals surface area contributed by atoms with Crippen LogP contribution in [0.5, 0.6) is 0 Å². The Morgan fingerprint density at radius 1 is 1.15 bits per heavy atom. The number of furan rings is 1. The summed E-state index contributed by atoms with van der Waals surface area (Å²) in [7, 11) is 0. The predicted molar refractivity (Wildman–Crippen MR) is 109 cm³/mol. The summed E-state index contributed by atoms with van der Waals surface area (Å²) >= 11 is 0. The van der Waals surface area contributed by atoms with E-state index in [-0.39, 0.29) is 5.91 Å². The molecule has 0 unspecified atom stereocenters. The summed E-state index contributed by atoms with van der Waals surface area (Å²) < 4.78 is 5.83. The first-order valence-corrected chi connectivity index (χ1v) is 11.0. The summed E-state index contributed by atoms with van der Waals surface area (Å²) in [5, 5.41) is 3.17. The fraction of sp³-hybridized carbons (Fsp3) is 0.773. The highest BCUT2D eigenvalue weighted by molar-refractivity contribution is 5.75. The molecule has 2 fully saturated rings. The van der Waals surface area contributed by atoms with Gasteiger partial charge in [0.2, 0.25) is 5.91 Å². The minimum Gasteiger partial charge on any atom is -0.465 e. The van der Waals surface area contributed by atoms with E-state index in [4.69, 9.17) is 4.42 Å². The van der Waals surface area contributed by atoms with Crippen molar-refractivity contribution in [1.29, 1.82) is 0 Å². The number of rotatable bonds is 9. The number of hydrogen-bond donors (Lipinski definition) is 1. The maximum absolute atomic E-state index is 12.2. The fourth-order valence-corrected chi connectivity index (χ4v) is 4.55. The second kappa shape index (κ2) is 10.3. The molecule has 0 radical (unpaired) electrons. The molecule has 5 heteroatoms. The molecule has 1 N–H and O–H groups in total. The van der Waals surface area contributed by atoms with Crippen molar-refractivity contribution in [2.24, 2.45) is 5.92 Å². The lowest BCUT2D eigenvalue weighted by atomic mass is 9.92. The van der Waals surface area contributed by atoms with Crippen LogP contribution in [0, 0.1) is 5.92 Å². The molecule has 2 saturated heterocycles. The van der Waals surface area contributed by atoms with E-state index < -0.39 is 0 Å². The maximum Gasteiger partial charge on any atom is 0.220 e. The highest BCUT2D eigenvalue weighted by Crippen LogP contribution is 2.23. The molecule has 2 aliphatic rings. The third-order valence-corrected chi connectivity index (χ3v) is 6.37. The minimum absolute atomic E-state index is 0.239. The van der Waals surface area contributed by atoms with Crippen LogP contribution in [0.3, 0.4) is 0 Å². The number of carbonyl (C=O) groups excluding carboxylic acids is 1. The number of likely N-dealkylation sites (N-methyl/N-ethyl adjacent to an activating group) is 1. The molecule has 3 heterocycles. The SMILES string of the molecule is CCc1ccc(CN2CCC(CCC(=O)NC[C@@H]3CCCN3CC)CC2)o1.